The molecule has 1 aliphatic carbocycles. The highest BCUT2D eigenvalue weighted by Gasteiger charge is 2.32. The zero-order valence-corrected chi connectivity index (χ0v) is 11.2. The van der Waals surface area contributed by atoms with E-state index >= 15 is 0 Å². The van der Waals surface area contributed by atoms with Gasteiger partial charge in [0.2, 0.25) is 0 Å². The number of aliphatic hydroxyl groups excluding tert-OH is 1. The number of aliphatic hydroxyl groups is 1. The first kappa shape index (κ1) is 13.1. The first-order chi connectivity index (χ1) is 9.68. The van der Waals surface area contributed by atoms with Crippen molar-refractivity contribution in [3.63, 3.8) is 0 Å². The average molecular weight is 270 g/mol. The molecule has 104 valence electrons. The first-order valence-electron chi connectivity index (χ1n) is 7.10. The Labute approximate surface area is 117 Å². The van der Waals surface area contributed by atoms with Gasteiger partial charge in [0, 0.05) is 17.9 Å². The van der Waals surface area contributed by atoms with E-state index in [0.717, 1.165) is 23.6 Å². The van der Waals surface area contributed by atoms with Crippen LogP contribution in [0, 0.1) is 5.92 Å². The van der Waals surface area contributed by atoms with Gasteiger partial charge in [-0.3, -0.25) is 4.79 Å². The molecular weight excluding hydrogens is 252 g/mol. The molecule has 20 heavy (non-hydrogen) atoms. The zero-order chi connectivity index (χ0) is 14.1. The van der Waals surface area contributed by atoms with E-state index in [1.807, 2.05) is 30.3 Å². The third kappa shape index (κ3) is 2.18. The lowest BCUT2D eigenvalue weighted by molar-refractivity contribution is -0.128. The fourth-order valence-electron chi connectivity index (χ4n) is 3.14. The summed E-state index contributed by atoms with van der Waals surface area (Å²) in [5.74, 6) is -0.217. The van der Waals surface area contributed by atoms with E-state index in [2.05, 4.69) is 0 Å². The van der Waals surface area contributed by atoms with Crippen molar-refractivity contribution in [1.29, 1.82) is 0 Å². The number of carbonyl (C=O) groups excluding carboxylic acids is 1. The van der Waals surface area contributed by atoms with Gasteiger partial charge in [0.05, 0.1) is 6.10 Å². The lowest BCUT2D eigenvalue weighted by atomic mass is 9.80. The molecule has 0 heterocycles. The van der Waals surface area contributed by atoms with Gasteiger partial charge in [-0.15, -0.1) is 0 Å². The van der Waals surface area contributed by atoms with Gasteiger partial charge >= 0.3 is 0 Å². The second kappa shape index (κ2) is 5.25. The molecule has 0 spiro atoms. The number of phenols is 1. The fraction of sp³-hybridized carbons (Fsp3) is 0.353. The molecule has 1 saturated carbocycles. The van der Waals surface area contributed by atoms with Crippen LogP contribution in [0.3, 0.4) is 0 Å². The molecular formula is C17H18O3. The molecule has 1 fully saturated rings. The first-order valence-corrected chi connectivity index (χ1v) is 7.10. The monoisotopic (exact) mass is 270 g/mol. The Hall–Kier alpha value is -1.87. The molecule has 0 aliphatic heterocycles. The number of benzene rings is 2. The van der Waals surface area contributed by atoms with Gasteiger partial charge in [0.1, 0.15) is 11.5 Å². The zero-order valence-electron chi connectivity index (χ0n) is 11.2. The molecule has 2 N–H and O–H groups in total. The summed E-state index contributed by atoms with van der Waals surface area (Å²) in [6.07, 6.45) is 2.17. The van der Waals surface area contributed by atoms with Crippen molar-refractivity contribution in [2.45, 2.75) is 31.8 Å². The van der Waals surface area contributed by atoms with Crippen LogP contribution in [0.15, 0.2) is 36.4 Å². The standard InChI is InChI=1S/C17H18O3/c18-14-8-4-3-7-13(14)17(20)16-12-6-2-1-5-11(12)9-10-15(16)19/h1-2,5-6,9-10,13,17,19-20H,3-4,7-8H2. The van der Waals surface area contributed by atoms with E-state index in [0.29, 0.717) is 18.4 Å². The van der Waals surface area contributed by atoms with Crippen LogP contribution in [-0.2, 0) is 4.79 Å². The summed E-state index contributed by atoms with van der Waals surface area (Å²) in [6.45, 7) is 0. The number of phenolic OH excluding ortho intramolecular Hbond substituents is 1. The Kier molecular flexibility index (Phi) is 3.45. The number of Topliss-reactive ketones (excluding diaryl/α,β-unsaturated/α-hetero) is 1. The second-order valence-corrected chi connectivity index (χ2v) is 5.48. The Bertz CT molecular complexity index is 648. The van der Waals surface area contributed by atoms with Crippen molar-refractivity contribution in [1.82, 2.24) is 0 Å². The van der Waals surface area contributed by atoms with Crippen LogP contribution in [-0.4, -0.2) is 16.0 Å². The van der Waals surface area contributed by atoms with Crippen molar-refractivity contribution in [3.05, 3.63) is 42.0 Å². The quantitative estimate of drug-likeness (QED) is 0.880. The van der Waals surface area contributed by atoms with Crippen LogP contribution in [0.1, 0.15) is 37.4 Å². The normalized spacial score (nSPS) is 21.1. The third-order valence-corrected chi connectivity index (χ3v) is 4.23. The van der Waals surface area contributed by atoms with Gasteiger partial charge in [0.25, 0.3) is 0 Å². The van der Waals surface area contributed by atoms with Gasteiger partial charge in [-0.25, -0.2) is 0 Å². The molecule has 2 aromatic carbocycles. The number of aromatic hydroxyl groups is 1. The summed E-state index contributed by atoms with van der Waals surface area (Å²) in [5.41, 5.74) is 0.489. The number of ketones is 1. The van der Waals surface area contributed by atoms with Crippen LogP contribution < -0.4 is 0 Å². The van der Waals surface area contributed by atoms with Crippen molar-refractivity contribution >= 4 is 16.6 Å². The van der Waals surface area contributed by atoms with Crippen molar-refractivity contribution < 1.29 is 15.0 Å². The second-order valence-electron chi connectivity index (χ2n) is 5.48. The number of carbonyl (C=O) groups is 1. The molecule has 2 unspecified atom stereocenters. The third-order valence-electron chi connectivity index (χ3n) is 4.23. The number of hydrogen-bond acceptors (Lipinski definition) is 3. The van der Waals surface area contributed by atoms with Crippen molar-refractivity contribution in [2.24, 2.45) is 5.92 Å². The van der Waals surface area contributed by atoms with E-state index in [9.17, 15) is 15.0 Å². The van der Waals surface area contributed by atoms with Crippen molar-refractivity contribution in [2.75, 3.05) is 0 Å². The average Bonchev–Trinajstić information content (AvgIpc) is 2.47. The minimum atomic E-state index is -0.922. The Morgan fingerprint density at radius 2 is 1.90 bits per heavy atom. The van der Waals surface area contributed by atoms with E-state index in [1.165, 1.54) is 0 Å². The maximum absolute atomic E-state index is 12.0. The molecule has 3 nitrogen and oxygen atoms in total. The minimum absolute atomic E-state index is 0.0644. The van der Waals surface area contributed by atoms with Crippen LogP contribution in [0.25, 0.3) is 10.8 Å². The molecule has 0 amide bonds. The summed E-state index contributed by atoms with van der Waals surface area (Å²) < 4.78 is 0. The van der Waals surface area contributed by atoms with Gasteiger partial charge in [-0.05, 0) is 29.7 Å². The Morgan fingerprint density at radius 3 is 2.70 bits per heavy atom. The molecule has 3 heteroatoms. The van der Waals surface area contributed by atoms with Crippen LogP contribution in [0.4, 0.5) is 0 Å². The topological polar surface area (TPSA) is 57.5 Å². The SMILES string of the molecule is O=C1CCCCC1C(O)c1c(O)ccc2ccccc12. The number of fused-ring (bicyclic) bond motifs is 1. The maximum atomic E-state index is 12.0. The fourth-order valence-corrected chi connectivity index (χ4v) is 3.14. The summed E-state index contributed by atoms with van der Waals surface area (Å²) >= 11 is 0. The van der Waals surface area contributed by atoms with Crippen molar-refractivity contribution in [3.8, 4) is 5.75 Å². The minimum Gasteiger partial charge on any atom is -0.508 e. The van der Waals surface area contributed by atoms with E-state index < -0.39 is 6.10 Å². The molecule has 2 atom stereocenters. The molecule has 0 saturated heterocycles. The summed E-state index contributed by atoms with van der Waals surface area (Å²) in [5, 5.41) is 22.5. The van der Waals surface area contributed by atoms with Crippen LogP contribution in [0.2, 0.25) is 0 Å². The lowest BCUT2D eigenvalue weighted by Gasteiger charge is -2.27. The van der Waals surface area contributed by atoms with Gasteiger partial charge in [0.15, 0.2) is 0 Å². The molecule has 1 aliphatic rings. The number of rotatable bonds is 2. The predicted molar refractivity (Wildman–Crippen MR) is 77.5 cm³/mol. The highest BCUT2D eigenvalue weighted by Crippen LogP contribution is 2.39. The summed E-state index contributed by atoms with van der Waals surface area (Å²) in [6, 6.07) is 11.0. The molecule has 0 aromatic heterocycles. The van der Waals surface area contributed by atoms with E-state index in [-0.39, 0.29) is 17.5 Å². The Balaban J connectivity index is 2.08. The molecule has 0 bridgehead atoms. The summed E-state index contributed by atoms with van der Waals surface area (Å²) in [7, 11) is 0. The smallest absolute Gasteiger partial charge is 0.138 e. The predicted octanol–water partition coefficient (Wildman–Crippen LogP) is 3.34. The molecule has 3 rings (SSSR count). The highest BCUT2D eigenvalue weighted by molar-refractivity contribution is 5.89. The largest absolute Gasteiger partial charge is 0.508 e. The molecule has 2 aromatic rings. The lowest BCUT2D eigenvalue weighted by Crippen LogP contribution is -2.25. The van der Waals surface area contributed by atoms with E-state index in [4.69, 9.17) is 0 Å². The van der Waals surface area contributed by atoms with Crippen LogP contribution in [0.5, 0.6) is 5.75 Å². The van der Waals surface area contributed by atoms with Gasteiger partial charge in [-0.1, -0.05) is 36.8 Å². The van der Waals surface area contributed by atoms with Gasteiger partial charge < -0.3 is 10.2 Å². The summed E-state index contributed by atoms with van der Waals surface area (Å²) in [4.78, 5) is 12.0. The Morgan fingerprint density at radius 1 is 1.10 bits per heavy atom. The number of hydrogen-bond donors (Lipinski definition) is 2. The van der Waals surface area contributed by atoms with E-state index in [1.54, 1.807) is 6.07 Å². The maximum Gasteiger partial charge on any atom is 0.138 e. The molecule has 0 radical (unpaired) electrons. The highest BCUT2D eigenvalue weighted by atomic mass is 16.3. The van der Waals surface area contributed by atoms with Crippen LogP contribution >= 0.6 is 0 Å². The van der Waals surface area contributed by atoms with Gasteiger partial charge in [-0.2, -0.15) is 0 Å².